The Morgan fingerprint density at radius 3 is 2.40 bits per heavy atom. The maximum Gasteiger partial charge on any atom is 0.197 e. The molecular weight excluding hydrogens is 278 g/mol. The molecule has 82 valence electrons. The van der Waals surface area contributed by atoms with E-state index >= 15 is 0 Å². The van der Waals surface area contributed by atoms with Gasteiger partial charge in [-0.1, -0.05) is 23.2 Å². The zero-order chi connectivity index (χ0) is 10.8. The van der Waals surface area contributed by atoms with Crippen LogP contribution in [-0.2, 0) is 0 Å². The Morgan fingerprint density at radius 1 is 1.20 bits per heavy atom. The van der Waals surface area contributed by atoms with E-state index in [1.165, 1.54) is 0 Å². The first-order chi connectivity index (χ1) is 7.18. The highest BCUT2D eigenvalue weighted by Crippen LogP contribution is 2.36. The van der Waals surface area contributed by atoms with Crippen molar-refractivity contribution < 1.29 is 4.39 Å². The van der Waals surface area contributed by atoms with E-state index in [4.69, 9.17) is 23.2 Å². The predicted molar refractivity (Wildman–Crippen MR) is 64.5 cm³/mol. The summed E-state index contributed by atoms with van der Waals surface area (Å²) in [5.41, 5.74) is 0. The Bertz CT molecular complexity index is 349. The van der Waals surface area contributed by atoms with E-state index in [1.807, 2.05) is 11.8 Å². The zero-order valence-electron chi connectivity index (χ0n) is 7.54. The molecule has 1 atom stereocenters. The number of halogens is 3. The fourth-order valence-electron chi connectivity index (χ4n) is 1.19. The first-order valence-electron chi connectivity index (χ1n) is 4.26. The molecule has 1 aliphatic rings. The second-order valence-corrected chi connectivity index (χ2v) is 6.09. The van der Waals surface area contributed by atoms with E-state index in [0.717, 1.165) is 17.3 Å². The lowest BCUT2D eigenvalue weighted by Gasteiger charge is -2.19. The second-order valence-electron chi connectivity index (χ2n) is 2.91. The van der Waals surface area contributed by atoms with Gasteiger partial charge in [0.2, 0.25) is 0 Å². The van der Waals surface area contributed by atoms with Crippen LogP contribution < -0.4 is 0 Å². The van der Waals surface area contributed by atoms with Crippen LogP contribution in [0, 0.1) is 5.82 Å². The van der Waals surface area contributed by atoms with Crippen LogP contribution in [0.25, 0.3) is 0 Å². The molecule has 0 saturated carbocycles. The molecule has 0 spiro atoms. The van der Waals surface area contributed by atoms with Gasteiger partial charge in [0.05, 0.1) is 5.25 Å². The molecule has 1 aromatic heterocycles. The van der Waals surface area contributed by atoms with E-state index in [2.05, 4.69) is 9.97 Å². The van der Waals surface area contributed by atoms with E-state index in [1.54, 1.807) is 11.8 Å². The summed E-state index contributed by atoms with van der Waals surface area (Å²) in [4.78, 5) is 7.84. The van der Waals surface area contributed by atoms with Crippen molar-refractivity contribution in [3.8, 4) is 0 Å². The lowest BCUT2D eigenvalue weighted by atomic mass is 10.4. The summed E-state index contributed by atoms with van der Waals surface area (Å²) in [6.07, 6.45) is 0. The van der Waals surface area contributed by atoms with Gasteiger partial charge in [-0.25, -0.2) is 14.4 Å². The van der Waals surface area contributed by atoms with Gasteiger partial charge in [0.25, 0.3) is 0 Å². The van der Waals surface area contributed by atoms with Crippen LogP contribution in [0.15, 0.2) is 0 Å². The molecule has 15 heavy (non-hydrogen) atoms. The summed E-state index contributed by atoms with van der Waals surface area (Å²) in [7, 11) is 0. The summed E-state index contributed by atoms with van der Waals surface area (Å²) in [6.45, 7) is 0. The molecule has 1 unspecified atom stereocenters. The summed E-state index contributed by atoms with van der Waals surface area (Å²) in [5.74, 6) is 2.89. The van der Waals surface area contributed by atoms with Gasteiger partial charge in [-0.15, -0.1) is 11.8 Å². The molecule has 7 heteroatoms. The van der Waals surface area contributed by atoms with Gasteiger partial charge < -0.3 is 0 Å². The fraction of sp³-hybridized carbons (Fsp3) is 0.500. The molecule has 0 aliphatic carbocycles. The molecule has 1 aromatic rings. The van der Waals surface area contributed by atoms with Crippen LogP contribution in [0.3, 0.4) is 0 Å². The van der Waals surface area contributed by atoms with Gasteiger partial charge in [0, 0.05) is 17.3 Å². The van der Waals surface area contributed by atoms with Crippen molar-refractivity contribution >= 4 is 46.7 Å². The average Bonchev–Trinajstić information content (AvgIpc) is 2.26. The minimum absolute atomic E-state index is 0.166. The second kappa shape index (κ2) is 5.08. The van der Waals surface area contributed by atoms with Gasteiger partial charge in [0.1, 0.15) is 5.82 Å². The molecule has 0 radical (unpaired) electrons. The molecule has 0 bridgehead atoms. The topological polar surface area (TPSA) is 25.8 Å². The van der Waals surface area contributed by atoms with Crippen LogP contribution >= 0.6 is 46.7 Å². The maximum absolute atomic E-state index is 13.1. The lowest BCUT2D eigenvalue weighted by molar-refractivity contribution is 0.610. The number of rotatable bonds is 1. The van der Waals surface area contributed by atoms with Crippen molar-refractivity contribution in [3.63, 3.8) is 0 Å². The molecule has 2 nitrogen and oxygen atoms in total. The fourth-order valence-corrected chi connectivity index (χ4v) is 4.19. The van der Waals surface area contributed by atoms with Crippen molar-refractivity contribution in [1.29, 1.82) is 0 Å². The number of hydrogen-bond acceptors (Lipinski definition) is 4. The number of nitrogens with zero attached hydrogens (tertiary/aromatic N) is 2. The Balaban J connectivity index is 2.27. The smallest absolute Gasteiger partial charge is 0.197 e. The molecular formula is C8H7Cl2FN2S2. The first-order valence-corrected chi connectivity index (χ1v) is 7.22. The summed E-state index contributed by atoms with van der Waals surface area (Å²) in [6, 6.07) is 0. The van der Waals surface area contributed by atoms with Crippen LogP contribution in [0.2, 0.25) is 10.3 Å². The van der Waals surface area contributed by atoms with Crippen molar-refractivity contribution in [3.05, 3.63) is 21.9 Å². The summed E-state index contributed by atoms with van der Waals surface area (Å²) < 4.78 is 13.1. The Morgan fingerprint density at radius 2 is 1.87 bits per heavy atom. The lowest BCUT2D eigenvalue weighted by Crippen LogP contribution is -2.11. The quantitative estimate of drug-likeness (QED) is 0.738. The molecule has 1 saturated heterocycles. The van der Waals surface area contributed by atoms with Crippen molar-refractivity contribution in [2.45, 2.75) is 5.25 Å². The minimum atomic E-state index is -0.740. The van der Waals surface area contributed by atoms with E-state index in [-0.39, 0.29) is 15.6 Å². The maximum atomic E-state index is 13.1. The number of aromatic nitrogens is 2. The molecule has 0 aromatic carbocycles. The van der Waals surface area contributed by atoms with Crippen LogP contribution in [-0.4, -0.2) is 27.2 Å². The standard InChI is InChI=1S/C8H7Cl2FN2S2/c9-6-5(11)7(10)13-8(12-6)4-3-14-1-2-15-4/h4H,1-3H2. The molecule has 2 heterocycles. The Hall–Kier alpha value is 0.290. The normalized spacial score (nSPS) is 21.7. The van der Waals surface area contributed by atoms with Crippen molar-refractivity contribution in [2.24, 2.45) is 0 Å². The number of hydrogen-bond donors (Lipinski definition) is 0. The summed E-state index contributed by atoms with van der Waals surface area (Å²) >= 11 is 14.8. The zero-order valence-corrected chi connectivity index (χ0v) is 10.7. The minimum Gasteiger partial charge on any atom is -0.217 e. The highest BCUT2D eigenvalue weighted by Gasteiger charge is 2.22. The third kappa shape index (κ3) is 2.70. The predicted octanol–water partition coefficient (Wildman–Crippen LogP) is 3.44. The van der Waals surface area contributed by atoms with Gasteiger partial charge >= 0.3 is 0 Å². The highest BCUT2D eigenvalue weighted by molar-refractivity contribution is 8.06. The van der Waals surface area contributed by atoms with Gasteiger partial charge in [-0.3, -0.25) is 0 Å². The highest BCUT2D eigenvalue weighted by atomic mass is 35.5. The third-order valence-corrected chi connectivity index (χ3v) is 5.14. The monoisotopic (exact) mass is 284 g/mol. The van der Waals surface area contributed by atoms with Gasteiger partial charge in [-0.2, -0.15) is 11.8 Å². The van der Waals surface area contributed by atoms with Crippen LogP contribution in [0.1, 0.15) is 11.1 Å². The van der Waals surface area contributed by atoms with Crippen molar-refractivity contribution in [1.82, 2.24) is 9.97 Å². The molecule has 0 N–H and O–H groups in total. The van der Waals surface area contributed by atoms with Crippen molar-refractivity contribution in [2.75, 3.05) is 17.3 Å². The van der Waals surface area contributed by atoms with Gasteiger partial charge in [0.15, 0.2) is 16.1 Å². The summed E-state index contributed by atoms with van der Waals surface area (Å²) in [5, 5.41) is -0.221. The van der Waals surface area contributed by atoms with E-state index in [9.17, 15) is 4.39 Å². The van der Waals surface area contributed by atoms with Crippen LogP contribution in [0.5, 0.6) is 0 Å². The largest absolute Gasteiger partial charge is 0.217 e. The number of thioether (sulfide) groups is 2. The average molecular weight is 285 g/mol. The Kier molecular flexibility index (Phi) is 3.98. The first kappa shape index (κ1) is 11.8. The van der Waals surface area contributed by atoms with E-state index < -0.39 is 5.82 Å². The molecule has 1 fully saturated rings. The van der Waals surface area contributed by atoms with E-state index in [0.29, 0.717) is 5.82 Å². The Labute approximate surface area is 105 Å². The molecule has 2 rings (SSSR count). The van der Waals surface area contributed by atoms with Crippen LogP contribution in [0.4, 0.5) is 4.39 Å². The third-order valence-electron chi connectivity index (χ3n) is 1.89. The molecule has 1 aliphatic heterocycles. The molecule has 0 amide bonds. The van der Waals surface area contributed by atoms with Gasteiger partial charge in [-0.05, 0) is 0 Å². The SMILES string of the molecule is Fc1c(Cl)nc(C2CSCCS2)nc1Cl.